The van der Waals surface area contributed by atoms with Gasteiger partial charge in [-0.2, -0.15) is 0 Å². The molecule has 0 fully saturated rings. The summed E-state index contributed by atoms with van der Waals surface area (Å²) in [5.41, 5.74) is 0. The zero-order valence-electron chi connectivity index (χ0n) is 6.89. The molecule has 2 nitrogen and oxygen atoms in total. The van der Waals surface area contributed by atoms with Gasteiger partial charge < -0.3 is 0 Å². The molecule has 0 spiro atoms. The van der Waals surface area contributed by atoms with E-state index < -0.39 is 0 Å². The van der Waals surface area contributed by atoms with Crippen molar-refractivity contribution in [3.05, 3.63) is 0 Å². The topological polar surface area (TPSA) is 31.2 Å². The van der Waals surface area contributed by atoms with E-state index in [0.717, 1.165) is 12.8 Å². The summed E-state index contributed by atoms with van der Waals surface area (Å²) in [4.78, 5) is 10.8. The van der Waals surface area contributed by atoms with Crippen LogP contribution in [0.2, 0.25) is 0 Å². The van der Waals surface area contributed by atoms with Crippen molar-refractivity contribution in [3.63, 3.8) is 0 Å². The van der Waals surface area contributed by atoms with Gasteiger partial charge in [-0.15, -0.1) is 0 Å². The predicted octanol–water partition coefficient (Wildman–Crippen LogP) is 1.72. The fraction of sp³-hybridized carbons (Fsp3) is 0.875. The summed E-state index contributed by atoms with van der Waals surface area (Å²) in [7, 11) is 0. The maximum Gasteiger partial charge on any atom is 0.241 e. The van der Waals surface area contributed by atoms with E-state index in [0.29, 0.717) is 13.0 Å². The Bertz CT molecular complexity index is 91.3. The van der Waals surface area contributed by atoms with Crippen LogP contribution in [0.1, 0.15) is 39.5 Å². The Hall–Kier alpha value is -0.530. The van der Waals surface area contributed by atoms with Crippen LogP contribution in [-0.2, 0) is 4.79 Å². The van der Waals surface area contributed by atoms with Crippen LogP contribution in [0.3, 0.4) is 0 Å². The van der Waals surface area contributed by atoms with Gasteiger partial charge in [-0.05, 0) is 13.3 Å². The van der Waals surface area contributed by atoms with Gasteiger partial charge in [0, 0.05) is 13.0 Å². The smallest absolute Gasteiger partial charge is 0.241 e. The third kappa shape index (κ3) is 5.60. The normalized spacial score (nSPS) is 9.40. The first kappa shape index (κ1) is 9.47. The highest BCUT2D eigenvalue weighted by molar-refractivity contribution is 5.75. The first-order valence-corrected chi connectivity index (χ1v) is 4.01. The molecular formula is C8H16NO. The average molecular weight is 142 g/mol. The van der Waals surface area contributed by atoms with Crippen molar-refractivity contribution < 1.29 is 4.79 Å². The lowest BCUT2D eigenvalue weighted by atomic mass is 10.2. The molecule has 0 aliphatic carbocycles. The van der Waals surface area contributed by atoms with E-state index in [-0.39, 0.29) is 5.91 Å². The quantitative estimate of drug-likeness (QED) is 0.538. The minimum atomic E-state index is 0.0657. The second-order valence-corrected chi connectivity index (χ2v) is 2.33. The lowest BCUT2D eigenvalue weighted by Gasteiger charge is -1.96. The predicted molar refractivity (Wildman–Crippen MR) is 41.8 cm³/mol. The molecule has 1 amide bonds. The Balaban J connectivity index is 3.05. The Morgan fingerprint density at radius 2 is 2.00 bits per heavy atom. The van der Waals surface area contributed by atoms with Gasteiger partial charge in [0.2, 0.25) is 5.91 Å². The molecule has 0 atom stereocenters. The molecule has 59 valence electrons. The zero-order chi connectivity index (χ0) is 7.82. The Morgan fingerprint density at radius 3 is 2.50 bits per heavy atom. The fourth-order valence-electron chi connectivity index (χ4n) is 0.782. The number of unbranched alkanes of at least 4 members (excludes halogenated alkanes) is 2. The monoisotopic (exact) mass is 142 g/mol. The van der Waals surface area contributed by atoms with Crippen molar-refractivity contribution in [1.82, 2.24) is 5.32 Å². The molecule has 0 aliphatic heterocycles. The highest BCUT2D eigenvalue weighted by atomic mass is 16.1. The molecule has 0 N–H and O–H groups in total. The molecule has 0 aliphatic rings. The van der Waals surface area contributed by atoms with E-state index in [1.54, 1.807) is 0 Å². The maximum atomic E-state index is 10.8. The van der Waals surface area contributed by atoms with Gasteiger partial charge >= 0.3 is 0 Å². The number of nitrogens with zero attached hydrogens (tertiary/aromatic N) is 1. The van der Waals surface area contributed by atoms with E-state index in [1.165, 1.54) is 6.42 Å². The molecule has 0 bridgehead atoms. The first-order valence-electron chi connectivity index (χ1n) is 4.01. The largest absolute Gasteiger partial charge is 0.273 e. The minimum absolute atomic E-state index is 0.0657. The van der Waals surface area contributed by atoms with Crippen LogP contribution in [-0.4, -0.2) is 12.5 Å². The molecule has 0 heterocycles. The molecule has 2 heteroatoms. The first-order chi connectivity index (χ1) is 4.81. The van der Waals surface area contributed by atoms with E-state index >= 15 is 0 Å². The third-order valence-electron chi connectivity index (χ3n) is 1.33. The molecular weight excluding hydrogens is 126 g/mol. The molecule has 1 radical (unpaired) electrons. The zero-order valence-corrected chi connectivity index (χ0v) is 6.89. The van der Waals surface area contributed by atoms with E-state index in [1.807, 2.05) is 6.92 Å². The summed E-state index contributed by atoms with van der Waals surface area (Å²) in [6.07, 6.45) is 3.95. The number of hydrogen-bond donors (Lipinski definition) is 0. The Labute approximate surface area is 63.0 Å². The molecule has 0 aromatic carbocycles. The van der Waals surface area contributed by atoms with Crippen LogP contribution >= 0.6 is 0 Å². The molecule has 0 aromatic heterocycles. The summed E-state index contributed by atoms with van der Waals surface area (Å²) in [6, 6.07) is 0. The van der Waals surface area contributed by atoms with Gasteiger partial charge in [-0.1, -0.05) is 19.8 Å². The van der Waals surface area contributed by atoms with Crippen LogP contribution < -0.4 is 5.32 Å². The van der Waals surface area contributed by atoms with Crippen molar-refractivity contribution in [2.24, 2.45) is 0 Å². The standard InChI is InChI=1S/C8H16NO/c1-3-5-6-7-8(10)9-4-2/h3-7H2,1-2H3. The summed E-state index contributed by atoms with van der Waals surface area (Å²) in [5.74, 6) is 0.0657. The van der Waals surface area contributed by atoms with E-state index in [9.17, 15) is 4.79 Å². The SMILES string of the molecule is CCCCCC(=O)[N]CC. The third-order valence-corrected chi connectivity index (χ3v) is 1.33. The maximum absolute atomic E-state index is 10.8. The van der Waals surface area contributed by atoms with Crippen LogP contribution in [0.25, 0.3) is 0 Å². The van der Waals surface area contributed by atoms with Gasteiger partial charge in [0.25, 0.3) is 0 Å². The second-order valence-electron chi connectivity index (χ2n) is 2.33. The van der Waals surface area contributed by atoms with Gasteiger partial charge in [0.1, 0.15) is 0 Å². The van der Waals surface area contributed by atoms with Gasteiger partial charge in [0.15, 0.2) is 0 Å². The molecule has 0 rings (SSSR count). The van der Waals surface area contributed by atoms with Crippen LogP contribution in [0.5, 0.6) is 0 Å². The second kappa shape index (κ2) is 6.59. The van der Waals surface area contributed by atoms with Crippen molar-refractivity contribution >= 4 is 5.91 Å². The summed E-state index contributed by atoms with van der Waals surface area (Å²) in [6.45, 7) is 4.64. The van der Waals surface area contributed by atoms with Crippen molar-refractivity contribution in [1.29, 1.82) is 0 Å². The number of amides is 1. The van der Waals surface area contributed by atoms with Crippen LogP contribution in [0.15, 0.2) is 0 Å². The van der Waals surface area contributed by atoms with E-state index in [4.69, 9.17) is 0 Å². The van der Waals surface area contributed by atoms with Crippen LogP contribution in [0, 0.1) is 0 Å². The number of carbonyl (C=O) groups is 1. The summed E-state index contributed by atoms with van der Waals surface area (Å²) < 4.78 is 0. The lowest BCUT2D eigenvalue weighted by molar-refractivity contribution is -0.121. The number of carbonyl (C=O) groups excluding carboxylic acids is 1. The fourth-order valence-corrected chi connectivity index (χ4v) is 0.782. The number of rotatable bonds is 5. The van der Waals surface area contributed by atoms with Crippen molar-refractivity contribution in [3.8, 4) is 0 Å². The minimum Gasteiger partial charge on any atom is -0.273 e. The molecule has 0 aromatic rings. The summed E-state index contributed by atoms with van der Waals surface area (Å²) in [5, 5.41) is 3.76. The average Bonchev–Trinajstić information content (AvgIpc) is 1.89. The van der Waals surface area contributed by atoms with Crippen molar-refractivity contribution in [2.45, 2.75) is 39.5 Å². The Morgan fingerprint density at radius 1 is 1.30 bits per heavy atom. The Kier molecular flexibility index (Phi) is 6.24. The highest BCUT2D eigenvalue weighted by Gasteiger charge is 1.98. The van der Waals surface area contributed by atoms with Gasteiger partial charge in [-0.3, -0.25) is 10.1 Å². The number of hydrogen-bond acceptors (Lipinski definition) is 1. The highest BCUT2D eigenvalue weighted by Crippen LogP contribution is 1.98. The van der Waals surface area contributed by atoms with Gasteiger partial charge in [0.05, 0.1) is 0 Å². The molecule has 0 unspecified atom stereocenters. The van der Waals surface area contributed by atoms with E-state index in [2.05, 4.69) is 12.2 Å². The molecule has 0 saturated carbocycles. The van der Waals surface area contributed by atoms with Crippen molar-refractivity contribution in [2.75, 3.05) is 6.54 Å². The summed E-state index contributed by atoms with van der Waals surface area (Å²) >= 11 is 0. The van der Waals surface area contributed by atoms with Crippen LogP contribution in [0.4, 0.5) is 0 Å². The van der Waals surface area contributed by atoms with Gasteiger partial charge in [-0.25, -0.2) is 0 Å². The molecule has 0 saturated heterocycles. The molecule has 10 heavy (non-hydrogen) atoms. The lowest BCUT2D eigenvalue weighted by Crippen LogP contribution is -2.13.